The van der Waals surface area contributed by atoms with Gasteiger partial charge in [0, 0.05) is 19.4 Å². The van der Waals surface area contributed by atoms with Gasteiger partial charge in [-0.1, -0.05) is 18.2 Å². The van der Waals surface area contributed by atoms with Gasteiger partial charge in [-0.2, -0.15) is 5.10 Å². The number of aromatic nitrogens is 2. The molecule has 4 nitrogen and oxygen atoms in total. The summed E-state index contributed by atoms with van der Waals surface area (Å²) in [5, 5.41) is 4.61. The average molecular weight is 257 g/mol. The van der Waals surface area contributed by atoms with E-state index in [-0.39, 0.29) is 6.04 Å². The maximum Gasteiger partial charge on any atom is 0.0799 e. The number of hydrogen-bond donors (Lipinski definition) is 1. The molecule has 2 heterocycles. The third kappa shape index (κ3) is 2.69. The summed E-state index contributed by atoms with van der Waals surface area (Å²) in [6.07, 6.45) is 4.03. The second kappa shape index (κ2) is 5.55. The van der Waals surface area contributed by atoms with Crippen LogP contribution in [0.15, 0.2) is 42.6 Å². The fourth-order valence-corrected chi connectivity index (χ4v) is 2.56. The van der Waals surface area contributed by atoms with Crippen LogP contribution in [0, 0.1) is 5.92 Å². The van der Waals surface area contributed by atoms with Crippen molar-refractivity contribution >= 4 is 0 Å². The quantitative estimate of drug-likeness (QED) is 0.918. The molecule has 4 heteroatoms. The molecule has 0 saturated carbocycles. The number of ether oxygens (including phenoxy) is 1. The smallest absolute Gasteiger partial charge is 0.0799 e. The molecule has 2 aromatic rings. The summed E-state index contributed by atoms with van der Waals surface area (Å²) in [5.41, 5.74) is 8.36. The van der Waals surface area contributed by atoms with Gasteiger partial charge in [-0.05, 0) is 37.0 Å². The molecule has 1 saturated heterocycles. The van der Waals surface area contributed by atoms with Crippen molar-refractivity contribution in [2.24, 2.45) is 11.7 Å². The van der Waals surface area contributed by atoms with Crippen LogP contribution in [-0.2, 0) is 4.74 Å². The molecule has 3 rings (SSSR count). The molecule has 1 aliphatic heterocycles. The van der Waals surface area contributed by atoms with E-state index in [0.29, 0.717) is 5.92 Å². The molecular weight excluding hydrogens is 238 g/mol. The van der Waals surface area contributed by atoms with E-state index < -0.39 is 0 Å². The maximum atomic E-state index is 6.33. The van der Waals surface area contributed by atoms with Gasteiger partial charge in [0.15, 0.2) is 0 Å². The van der Waals surface area contributed by atoms with Gasteiger partial charge in [-0.15, -0.1) is 0 Å². The lowest BCUT2D eigenvalue weighted by atomic mass is 9.90. The number of para-hydroxylation sites is 1. The fourth-order valence-electron chi connectivity index (χ4n) is 2.56. The van der Waals surface area contributed by atoms with Gasteiger partial charge >= 0.3 is 0 Å². The van der Waals surface area contributed by atoms with Crippen molar-refractivity contribution in [3.63, 3.8) is 0 Å². The van der Waals surface area contributed by atoms with Crippen molar-refractivity contribution < 1.29 is 4.74 Å². The molecule has 100 valence electrons. The van der Waals surface area contributed by atoms with E-state index in [4.69, 9.17) is 10.5 Å². The predicted molar refractivity (Wildman–Crippen MR) is 74.0 cm³/mol. The topological polar surface area (TPSA) is 53.1 Å². The van der Waals surface area contributed by atoms with E-state index in [1.54, 1.807) is 0 Å². The Morgan fingerprint density at radius 2 is 1.89 bits per heavy atom. The molecule has 1 unspecified atom stereocenters. The molecule has 1 aromatic carbocycles. The van der Waals surface area contributed by atoms with Crippen LogP contribution in [0.25, 0.3) is 5.69 Å². The molecule has 1 aliphatic rings. The minimum Gasteiger partial charge on any atom is -0.381 e. The number of nitrogens with zero attached hydrogens (tertiary/aromatic N) is 2. The second-order valence-corrected chi connectivity index (χ2v) is 5.00. The highest BCUT2D eigenvalue weighted by molar-refractivity contribution is 5.30. The second-order valence-electron chi connectivity index (χ2n) is 5.00. The Bertz CT molecular complexity index is 517. The molecular formula is C15H19N3O. The Balaban J connectivity index is 1.77. The van der Waals surface area contributed by atoms with Crippen molar-refractivity contribution in [3.8, 4) is 5.69 Å². The van der Waals surface area contributed by atoms with Gasteiger partial charge < -0.3 is 10.5 Å². The van der Waals surface area contributed by atoms with Gasteiger partial charge in [0.1, 0.15) is 0 Å². The summed E-state index contributed by atoms with van der Waals surface area (Å²) in [7, 11) is 0. The molecule has 1 fully saturated rings. The molecule has 1 aromatic heterocycles. The standard InChI is InChI=1S/C15H19N3O/c16-15(12-7-10-19-11-8-12)14-6-9-18(17-14)13-4-2-1-3-5-13/h1-6,9,12,15H,7-8,10-11,16H2. The van der Waals surface area contributed by atoms with Gasteiger partial charge in [0.2, 0.25) is 0 Å². The van der Waals surface area contributed by atoms with Crippen LogP contribution < -0.4 is 5.73 Å². The van der Waals surface area contributed by atoms with Crippen LogP contribution in [0.2, 0.25) is 0 Å². The Hall–Kier alpha value is -1.65. The summed E-state index contributed by atoms with van der Waals surface area (Å²) in [6, 6.07) is 12.1. The largest absolute Gasteiger partial charge is 0.381 e. The van der Waals surface area contributed by atoms with Gasteiger partial charge in [0.05, 0.1) is 17.4 Å². The highest BCUT2D eigenvalue weighted by atomic mass is 16.5. The van der Waals surface area contributed by atoms with E-state index >= 15 is 0 Å². The fraction of sp³-hybridized carbons (Fsp3) is 0.400. The van der Waals surface area contributed by atoms with Crippen LogP contribution in [0.3, 0.4) is 0 Å². The summed E-state index contributed by atoms with van der Waals surface area (Å²) in [5.74, 6) is 0.480. The minimum atomic E-state index is 0.00821. The Kier molecular flexibility index (Phi) is 3.62. The minimum absolute atomic E-state index is 0.00821. The maximum absolute atomic E-state index is 6.33. The highest BCUT2D eigenvalue weighted by Gasteiger charge is 2.23. The third-order valence-electron chi connectivity index (χ3n) is 3.75. The first kappa shape index (κ1) is 12.4. The van der Waals surface area contributed by atoms with Crippen molar-refractivity contribution in [3.05, 3.63) is 48.3 Å². The lowest BCUT2D eigenvalue weighted by Crippen LogP contribution is -2.27. The molecule has 0 radical (unpaired) electrons. The monoisotopic (exact) mass is 257 g/mol. The molecule has 2 N–H and O–H groups in total. The molecule has 0 spiro atoms. The van der Waals surface area contributed by atoms with Crippen molar-refractivity contribution in [2.45, 2.75) is 18.9 Å². The van der Waals surface area contributed by atoms with Crippen LogP contribution >= 0.6 is 0 Å². The Morgan fingerprint density at radius 3 is 2.63 bits per heavy atom. The summed E-state index contributed by atoms with van der Waals surface area (Å²) in [4.78, 5) is 0. The van der Waals surface area contributed by atoms with E-state index in [1.807, 2.05) is 47.3 Å². The van der Waals surface area contributed by atoms with Crippen molar-refractivity contribution in [1.29, 1.82) is 0 Å². The average Bonchev–Trinajstić information content (AvgIpc) is 2.98. The summed E-state index contributed by atoms with van der Waals surface area (Å²) < 4.78 is 7.26. The van der Waals surface area contributed by atoms with Crippen LogP contribution in [0.4, 0.5) is 0 Å². The number of nitrogens with two attached hydrogens (primary N) is 1. The van der Waals surface area contributed by atoms with E-state index in [2.05, 4.69) is 5.10 Å². The molecule has 19 heavy (non-hydrogen) atoms. The molecule has 0 amide bonds. The van der Waals surface area contributed by atoms with Crippen LogP contribution in [0.1, 0.15) is 24.6 Å². The van der Waals surface area contributed by atoms with Gasteiger partial charge in [0.25, 0.3) is 0 Å². The summed E-state index contributed by atoms with van der Waals surface area (Å²) in [6.45, 7) is 1.63. The third-order valence-corrected chi connectivity index (χ3v) is 3.75. The van der Waals surface area contributed by atoms with Crippen LogP contribution in [0.5, 0.6) is 0 Å². The summed E-state index contributed by atoms with van der Waals surface area (Å²) >= 11 is 0. The first-order chi connectivity index (χ1) is 9.34. The molecule has 0 aliphatic carbocycles. The number of hydrogen-bond acceptors (Lipinski definition) is 3. The normalized spacial score (nSPS) is 18.4. The number of benzene rings is 1. The van der Waals surface area contributed by atoms with Crippen molar-refractivity contribution in [2.75, 3.05) is 13.2 Å². The predicted octanol–water partition coefficient (Wildman–Crippen LogP) is 2.30. The van der Waals surface area contributed by atoms with E-state index in [9.17, 15) is 0 Å². The van der Waals surface area contributed by atoms with Gasteiger partial charge in [-0.25, -0.2) is 4.68 Å². The Labute approximate surface area is 113 Å². The SMILES string of the molecule is NC(c1ccn(-c2ccccc2)n1)C1CCOCC1. The van der Waals surface area contributed by atoms with Gasteiger partial charge in [-0.3, -0.25) is 0 Å². The molecule has 0 bridgehead atoms. The zero-order valence-corrected chi connectivity index (χ0v) is 10.9. The zero-order valence-electron chi connectivity index (χ0n) is 10.9. The first-order valence-electron chi connectivity index (χ1n) is 6.79. The molecule has 1 atom stereocenters. The first-order valence-corrected chi connectivity index (χ1v) is 6.79. The number of rotatable bonds is 3. The lowest BCUT2D eigenvalue weighted by molar-refractivity contribution is 0.0579. The van der Waals surface area contributed by atoms with Crippen LogP contribution in [-0.4, -0.2) is 23.0 Å². The Morgan fingerprint density at radius 1 is 1.16 bits per heavy atom. The van der Waals surface area contributed by atoms with E-state index in [0.717, 1.165) is 37.4 Å². The van der Waals surface area contributed by atoms with Crippen molar-refractivity contribution in [1.82, 2.24) is 9.78 Å². The highest BCUT2D eigenvalue weighted by Crippen LogP contribution is 2.27. The lowest BCUT2D eigenvalue weighted by Gasteiger charge is -2.26. The van der Waals surface area contributed by atoms with E-state index in [1.165, 1.54) is 0 Å². The zero-order chi connectivity index (χ0) is 13.1.